The Labute approximate surface area is 142 Å². The maximum atomic E-state index is 13.2. The number of nitrogens with zero attached hydrogens (tertiary/aromatic N) is 2. The van der Waals surface area contributed by atoms with Crippen LogP contribution in [0.15, 0.2) is 54.6 Å². The van der Waals surface area contributed by atoms with Gasteiger partial charge in [0.1, 0.15) is 0 Å². The number of methoxy groups -OCH3 is 1. The molecule has 0 N–H and O–H groups in total. The molecule has 1 fully saturated rings. The van der Waals surface area contributed by atoms with Gasteiger partial charge in [0.25, 0.3) is 5.91 Å². The Hall–Kier alpha value is -2.17. The van der Waals surface area contributed by atoms with Gasteiger partial charge in [0.2, 0.25) is 0 Å². The van der Waals surface area contributed by atoms with Crippen molar-refractivity contribution in [3.05, 3.63) is 71.3 Å². The van der Waals surface area contributed by atoms with E-state index in [2.05, 4.69) is 23.2 Å². The lowest BCUT2D eigenvalue weighted by atomic mass is 9.98. The maximum Gasteiger partial charge on any atom is 0.269 e. The van der Waals surface area contributed by atoms with Gasteiger partial charge in [-0.3, -0.25) is 9.80 Å². The summed E-state index contributed by atoms with van der Waals surface area (Å²) in [5.41, 5.74) is 3.06. The molecule has 4 nitrogen and oxygen atoms in total. The molecule has 2 aromatic rings. The van der Waals surface area contributed by atoms with Crippen LogP contribution in [-0.2, 0) is 4.74 Å². The van der Waals surface area contributed by atoms with Crippen molar-refractivity contribution in [2.24, 2.45) is 0 Å². The number of fused-ring (bicyclic) bond motifs is 1. The highest BCUT2D eigenvalue weighted by Gasteiger charge is 2.44. The summed E-state index contributed by atoms with van der Waals surface area (Å²) in [6.07, 6.45) is 2.16. The molecule has 124 valence electrons. The Morgan fingerprint density at radius 1 is 1.08 bits per heavy atom. The summed E-state index contributed by atoms with van der Waals surface area (Å²) in [7, 11) is 1.73. The minimum absolute atomic E-state index is 0.0487. The van der Waals surface area contributed by atoms with Crippen molar-refractivity contribution < 1.29 is 9.53 Å². The van der Waals surface area contributed by atoms with E-state index in [0.29, 0.717) is 6.61 Å². The first-order chi connectivity index (χ1) is 11.8. The minimum atomic E-state index is -0.0487. The number of carbonyl (C=O) groups excluding carboxylic acids is 1. The molecule has 24 heavy (non-hydrogen) atoms. The maximum absolute atomic E-state index is 13.2. The Morgan fingerprint density at radius 3 is 2.62 bits per heavy atom. The van der Waals surface area contributed by atoms with Crippen molar-refractivity contribution >= 4 is 5.91 Å². The summed E-state index contributed by atoms with van der Waals surface area (Å²) in [5.74, 6) is 0.0995. The second kappa shape index (κ2) is 6.38. The third kappa shape index (κ3) is 2.43. The van der Waals surface area contributed by atoms with Gasteiger partial charge in [0, 0.05) is 19.2 Å². The van der Waals surface area contributed by atoms with Gasteiger partial charge in [0.05, 0.1) is 18.7 Å². The van der Waals surface area contributed by atoms with Crippen LogP contribution in [0.25, 0.3) is 0 Å². The minimum Gasteiger partial charge on any atom is -0.383 e. The molecule has 0 spiro atoms. The largest absolute Gasteiger partial charge is 0.383 e. The molecule has 2 aliphatic heterocycles. The highest BCUT2D eigenvalue weighted by molar-refractivity contribution is 5.99. The number of hydrazine groups is 1. The fourth-order valence-electron chi connectivity index (χ4n) is 3.99. The molecular formula is C20H22N2O2. The predicted molar refractivity (Wildman–Crippen MR) is 92.5 cm³/mol. The van der Waals surface area contributed by atoms with Crippen molar-refractivity contribution in [3.63, 3.8) is 0 Å². The number of rotatable bonds is 4. The van der Waals surface area contributed by atoms with Crippen LogP contribution in [0.5, 0.6) is 0 Å². The summed E-state index contributed by atoms with van der Waals surface area (Å²) in [4.78, 5) is 13.2. The third-order valence-electron chi connectivity index (χ3n) is 5.04. The van der Waals surface area contributed by atoms with Gasteiger partial charge in [-0.2, -0.15) is 0 Å². The van der Waals surface area contributed by atoms with E-state index < -0.39 is 0 Å². The smallest absolute Gasteiger partial charge is 0.269 e. The Kier molecular flexibility index (Phi) is 4.08. The van der Waals surface area contributed by atoms with E-state index >= 15 is 0 Å². The molecule has 2 aliphatic rings. The van der Waals surface area contributed by atoms with Gasteiger partial charge in [-0.05, 0) is 30.0 Å². The second-order valence-electron chi connectivity index (χ2n) is 6.46. The van der Waals surface area contributed by atoms with Gasteiger partial charge in [0.15, 0.2) is 0 Å². The van der Waals surface area contributed by atoms with Crippen LogP contribution in [0.1, 0.15) is 40.4 Å². The van der Waals surface area contributed by atoms with Crippen LogP contribution in [-0.4, -0.2) is 42.2 Å². The number of hydrogen-bond donors (Lipinski definition) is 0. The first kappa shape index (κ1) is 15.4. The zero-order valence-corrected chi connectivity index (χ0v) is 13.9. The molecular weight excluding hydrogens is 300 g/mol. The van der Waals surface area contributed by atoms with Crippen LogP contribution >= 0.6 is 0 Å². The molecule has 0 bridgehead atoms. The first-order valence-corrected chi connectivity index (χ1v) is 8.54. The SMILES string of the molecule is COCC1CCCN1N1C(=O)c2ccccc2C1c1ccccc1. The molecule has 2 heterocycles. The number of amides is 1. The number of hydrogen-bond acceptors (Lipinski definition) is 3. The molecule has 2 atom stereocenters. The highest BCUT2D eigenvalue weighted by atomic mass is 16.5. The number of carbonyl (C=O) groups is 1. The fourth-order valence-corrected chi connectivity index (χ4v) is 3.99. The van der Waals surface area contributed by atoms with Crippen LogP contribution < -0.4 is 0 Å². The lowest BCUT2D eigenvalue weighted by Gasteiger charge is -2.37. The average Bonchev–Trinajstić information content (AvgIpc) is 3.19. The van der Waals surface area contributed by atoms with Gasteiger partial charge in [-0.15, -0.1) is 0 Å². The number of benzene rings is 2. The molecule has 0 saturated carbocycles. The Bertz CT molecular complexity index is 731. The molecule has 2 aromatic carbocycles. The topological polar surface area (TPSA) is 32.8 Å². The summed E-state index contributed by atoms with van der Waals surface area (Å²) < 4.78 is 5.39. The van der Waals surface area contributed by atoms with Crippen LogP contribution in [0.4, 0.5) is 0 Å². The highest BCUT2D eigenvalue weighted by Crippen LogP contribution is 2.41. The lowest BCUT2D eigenvalue weighted by Crippen LogP contribution is -2.49. The van der Waals surface area contributed by atoms with E-state index in [1.54, 1.807) is 7.11 Å². The molecule has 0 aliphatic carbocycles. The summed E-state index contributed by atoms with van der Waals surface area (Å²) >= 11 is 0. The van der Waals surface area contributed by atoms with E-state index in [1.165, 1.54) is 0 Å². The standard InChI is InChI=1S/C20H22N2O2/c1-24-14-16-10-7-13-21(16)22-19(15-8-3-2-4-9-15)17-11-5-6-12-18(17)20(22)23/h2-6,8-9,11-12,16,19H,7,10,13-14H2,1H3. The van der Waals surface area contributed by atoms with Crippen molar-refractivity contribution in [2.75, 3.05) is 20.3 Å². The third-order valence-corrected chi connectivity index (χ3v) is 5.04. The van der Waals surface area contributed by atoms with Crippen LogP contribution in [0, 0.1) is 0 Å². The predicted octanol–water partition coefficient (Wildman–Crippen LogP) is 3.26. The zero-order chi connectivity index (χ0) is 16.5. The quantitative estimate of drug-likeness (QED) is 0.866. The van der Waals surface area contributed by atoms with Gasteiger partial charge in [-0.25, -0.2) is 5.01 Å². The van der Waals surface area contributed by atoms with Gasteiger partial charge in [-0.1, -0.05) is 48.5 Å². The Balaban J connectivity index is 1.79. The molecule has 2 unspecified atom stereocenters. The van der Waals surface area contributed by atoms with Crippen molar-refractivity contribution in [1.29, 1.82) is 0 Å². The van der Waals surface area contributed by atoms with E-state index in [-0.39, 0.29) is 18.0 Å². The first-order valence-electron chi connectivity index (χ1n) is 8.54. The Morgan fingerprint density at radius 2 is 1.83 bits per heavy atom. The van der Waals surface area contributed by atoms with Crippen LogP contribution in [0.3, 0.4) is 0 Å². The van der Waals surface area contributed by atoms with Crippen LogP contribution in [0.2, 0.25) is 0 Å². The molecule has 0 radical (unpaired) electrons. The molecule has 0 aromatic heterocycles. The molecule has 1 saturated heterocycles. The average molecular weight is 322 g/mol. The molecule has 4 rings (SSSR count). The monoisotopic (exact) mass is 322 g/mol. The number of ether oxygens (including phenoxy) is 1. The van der Waals surface area contributed by atoms with Crippen molar-refractivity contribution in [3.8, 4) is 0 Å². The van der Waals surface area contributed by atoms with Crippen molar-refractivity contribution in [2.45, 2.75) is 24.9 Å². The van der Waals surface area contributed by atoms with E-state index in [1.807, 2.05) is 41.4 Å². The normalized spacial score (nSPS) is 23.7. The summed E-state index contributed by atoms with van der Waals surface area (Å²) in [5, 5.41) is 4.19. The van der Waals surface area contributed by atoms with E-state index in [9.17, 15) is 4.79 Å². The summed E-state index contributed by atoms with van der Waals surface area (Å²) in [6.45, 7) is 1.55. The van der Waals surface area contributed by atoms with Crippen molar-refractivity contribution in [1.82, 2.24) is 10.0 Å². The molecule has 4 heteroatoms. The van der Waals surface area contributed by atoms with E-state index in [0.717, 1.165) is 36.1 Å². The van der Waals surface area contributed by atoms with Gasteiger partial charge < -0.3 is 4.74 Å². The van der Waals surface area contributed by atoms with Gasteiger partial charge >= 0.3 is 0 Å². The second-order valence-corrected chi connectivity index (χ2v) is 6.46. The summed E-state index contributed by atoms with van der Waals surface area (Å²) in [6, 6.07) is 18.5. The lowest BCUT2D eigenvalue weighted by molar-refractivity contribution is -0.0466. The fraction of sp³-hybridized carbons (Fsp3) is 0.350. The molecule has 1 amide bonds. The van der Waals surface area contributed by atoms with E-state index in [4.69, 9.17) is 4.74 Å². The zero-order valence-electron chi connectivity index (χ0n) is 13.9.